The second-order valence-corrected chi connectivity index (χ2v) is 6.87. The highest BCUT2D eigenvalue weighted by Gasteiger charge is 2.17. The number of pyridine rings is 1. The van der Waals surface area contributed by atoms with E-state index in [0.717, 1.165) is 47.7 Å². The maximum Gasteiger partial charge on any atom is 0.243 e. The van der Waals surface area contributed by atoms with Gasteiger partial charge in [0.25, 0.3) is 0 Å². The van der Waals surface area contributed by atoms with Crippen LogP contribution in [0.4, 0.5) is 5.82 Å². The van der Waals surface area contributed by atoms with Crippen LogP contribution in [-0.4, -0.2) is 40.8 Å². The zero-order valence-corrected chi connectivity index (χ0v) is 15.8. The van der Waals surface area contributed by atoms with E-state index in [0.29, 0.717) is 30.1 Å². The van der Waals surface area contributed by atoms with Gasteiger partial charge in [0.2, 0.25) is 5.91 Å². The van der Waals surface area contributed by atoms with Gasteiger partial charge in [-0.3, -0.25) is 10.0 Å². The lowest BCUT2D eigenvalue weighted by Gasteiger charge is -2.03. The molecule has 10 nitrogen and oxygen atoms in total. The van der Waals surface area contributed by atoms with E-state index in [1.807, 2.05) is 23.0 Å². The Hall–Kier alpha value is -3.53. The van der Waals surface area contributed by atoms with Gasteiger partial charge in [0.1, 0.15) is 23.5 Å². The van der Waals surface area contributed by atoms with Gasteiger partial charge in [-0.05, 0) is 25.0 Å². The first kappa shape index (κ1) is 18.8. The normalized spacial score (nSPS) is 11.3. The lowest BCUT2D eigenvalue weighted by Crippen LogP contribution is -2.17. The summed E-state index contributed by atoms with van der Waals surface area (Å²) in [4.78, 5) is 27.1. The summed E-state index contributed by atoms with van der Waals surface area (Å²) in [5.74, 6) is 0.0355. The van der Waals surface area contributed by atoms with Gasteiger partial charge in [0, 0.05) is 36.3 Å². The van der Waals surface area contributed by atoms with E-state index in [-0.39, 0.29) is 5.91 Å². The molecule has 0 bridgehead atoms. The number of aromatic amines is 1. The molecular formula is C19H22N8O2. The molecule has 150 valence electrons. The summed E-state index contributed by atoms with van der Waals surface area (Å²) < 4.78 is 1.85. The van der Waals surface area contributed by atoms with Crippen LogP contribution in [0.1, 0.15) is 32.1 Å². The van der Waals surface area contributed by atoms with Crippen molar-refractivity contribution in [1.82, 2.24) is 35.2 Å². The summed E-state index contributed by atoms with van der Waals surface area (Å²) in [6, 6.07) is 3.98. The van der Waals surface area contributed by atoms with E-state index in [2.05, 4.69) is 19.9 Å². The lowest BCUT2D eigenvalue weighted by atomic mass is 10.1. The highest BCUT2D eigenvalue weighted by Crippen LogP contribution is 2.31. The van der Waals surface area contributed by atoms with Crippen LogP contribution in [0.5, 0.6) is 0 Å². The number of unbranched alkanes of at least 4 members (excludes halogenated alkanes) is 3. The van der Waals surface area contributed by atoms with Gasteiger partial charge in [-0.25, -0.2) is 25.1 Å². The predicted octanol–water partition coefficient (Wildman–Crippen LogP) is 2.41. The maximum atomic E-state index is 11.0. The molecule has 0 aliphatic heterocycles. The number of nitrogens with two attached hydrogens (primary N) is 1. The summed E-state index contributed by atoms with van der Waals surface area (Å²) in [5, 5.41) is 15.0. The third-order valence-corrected chi connectivity index (χ3v) is 4.88. The van der Waals surface area contributed by atoms with Crippen LogP contribution >= 0.6 is 0 Å². The second-order valence-electron chi connectivity index (χ2n) is 6.87. The Kier molecular flexibility index (Phi) is 5.34. The standard InChI is InChI=1S/C19H22N8O2/c20-17-15-16(13-9-12-6-7-21-18(12)22-10-13)25-27(19(15)24-11-23-17)8-4-2-1-3-5-14(28)26-29/h6-7,9-11,29H,1-5,8H2,(H,21,22)(H,26,28)(H2,20,23,24). The Morgan fingerprint density at radius 3 is 2.93 bits per heavy atom. The number of anilines is 1. The minimum atomic E-state index is -0.354. The summed E-state index contributed by atoms with van der Waals surface area (Å²) in [7, 11) is 0. The number of nitrogens with zero attached hydrogens (tertiary/aromatic N) is 5. The van der Waals surface area contributed by atoms with Crippen LogP contribution < -0.4 is 11.2 Å². The first-order chi connectivity index (χ1) is 14.2. The molecule has 29 heavy (non-hydrogen) atoms. The van der Waals surface area contributed by atoms with Crippen molar-refractivity contribution in [1.29, 1.82) is 0 Å². The Labute approximate surface area is 166 Å². The van der Waals surface area contributed by atoms with Crippen LogP contribution in [0.3, 0.4) is 0 Å². The molecule has 0 unspecified atom stereocenters. The van der Waals surface area contributed by atoms with Crippen molar-refractivity contribution in [3.63, 3.8) is 0 Å². The zero-order chi connectivity index (χ0) is 20.2. The highest BCUT2D eigenvalue weighted by molar-refractivity contribution is 5.99. The summed E-state index contributed by atoms with van der Waals surface area (Å²) in [5.41, 5.74) is 10.9. The van der Waals surface area contributed by atoms with Gasteiger partial charge in [-0.1, -0.05) is 12.8 Å². The van der Waals surface area contributed by atoms with Crippen LogP contribution in [0.25, 0.3) is 33.3 Å². The van der Waals surface area contributed by atoms with Crippen LogP contribution in [0.2, 0.25) is 0 Å². The van der Waals surface area contributed by atoms with Crippen molar-refractivity contribution in [2.75, 3.05) is 5.73 Å². The Bertz CT molecular complexity index is 1150. The molecule has 0 aliphatic rings. The van der Waals surface area contributed by atoms with E-state index >= 15 is 0 Å². The molecule has 0 aromatic carbocycles. The second kappa shape index (κ2) is 8.23. The summed E-state index contributed by atoms with van der Waals surface area (Å²) in [6.07, 6.45) is 8.83. The summed E-state index contributed by atoms with van der Waals surface area (Å²) in [6.45, 7) is 0.680. The average molecular weight is 394 g/mol. The number of amides is 1. The molecule has 0 fully saturated rings. The Morgan fingerprint density at radius 2 is 2.07 bits per heavy atom. The molecule has 4 heterocycles. The van der Waals surface area contributed by atoms with Gasteiger partial charge in [0.15, 0.2) is 5.65 Å². The fraction of sp³-hybridized carbons (Fsp3) is 0.316. The fourth-order valence-corrected chi connectivity index (χ4v) is 3.41. The zero-order valence-electron chi connectivity index (χ0n) is 15.8. The van der Waals surface area contributed by atoms with Crippen LogP contribution in [0.15, 0.2) is 30.9 Å². The molecule has 0 atom stereocenters. The quantitative estimate of drug-likeness (QED) is 0.204. The first-order valence-electron chi connectivity index (χ1n) is 9.51. The third kappa shape index (κ3) is 3.87. The molecule has 4 rings (SSSR count). The van der Waals surface area contributed by atoms with Crippen molar-refractivity contribution in [3.8, 4) is 11.3 Å². The largest absolute Gasteiger partial charge is 0.383 e. The third-order valence-electron chi connectivity index (χ3n) is 4.88. The van der Waals surface area contributed by atoms with Gasteiger partial charge in [0.05, 0.1) is 5.39 Å². The molecular weight excluding hydrogens is 372 g/mol. The number of H-pyrrole nitrogens is 1. The average Bonchev–Trinajstić information content (AvgIpc) is 3.35. The van der Waals surface area contributed by atoms with Crippen LogP contribution in [-0.2, 0) is 11.3 Å². The number of hydrogen-bond acceptors (Lipinski definition) is 7. The van der Waals surface area contributed by atoms with Gasteiger partial charge < -0.3 is 10.7 Å². The smallest absolute Gasteiger partial charge is 0.243 e. The summed E-state index contributed by atoms with van der Waals surface area (Å²) >= 11 is 0. The number of rotatable bonds is 8. The highest BCUT2D eigenvalue weighted by atomic mass is 16.5. The van der Waals surface area contributed by atoms with E-state index in [9.17, 15) is 4.79 Å². The molecule has 0 radical (unpaired) electrons. The van der Waals surface area contributed by atoms with Gasteiger partial charge in [-0.15, -0.1) is 0 Å². The van der Waals surface area contributed by atoms with E-state index < -0.39 is 0 Å². The molecule has 0 aliphatic carbocycles. The van der Waals surface area contributed by atoms with E-state index in [4.69, 9.17) is 16.0 Å². The molecule has 1 amide bonds. The van der Waals surface area contributed by atoms with Gasteiger partial charge in [-0.2, -0.15) is 5.10 Å². The molecule has 0 spiro atoms. The minimum absolute atomic E-state index is 0.323. The number of hydrogen-bond donors (Lipinski definition) is 4. The van der Waals surface area contributed by atoms with E-state index in [1.165, 1.54) is 6.33 Å². The fourth-order valence-electron chi connectivity index (χ4n) is 3.41. The molecule has 5 N–H and O–H groups in total. The number of hydroxylamine groups is 1. The molecule has 10 heteroatoms. The maximum absolute atomic E-state index is 11.0. The Morgan fingerprint density at radius 1 is 1.21 bits per heavy atom. The SMILES string of the molecule is Nc1ncnc2c1c(-c1cnc3[nH]ccc3c1)nn2CCCCCCC(=O)NO. The first-order valence-corrected chi connectivity index (χ1v) is 9.51. The van der Waals surface area contributed by atoms with Gasteiger partial charge >= 0.3 is 0 Å². The number of aromatic nitrogens is 6. The van der Waals surface area contributed by atoms with Crippen molar-refractivity contribution in [2.24, 2.45) is 0 Å². The monoisotopic (exact) mass is 394 g/mol. The van der Waals surface area contributed by atoms with Crippen molar-refractivity contribution in [2.45, 2.75) is 38.6 Å². The number of nitrogens with one attached hydrogen (secondary N) is 2. The molecule has 4 aromatic heterocycles. The number of carbonyl (C=O) groups is 1. The number of carbonyl (C=O) groups excluding carboxylic acids is 1. The molecule has 0 saturated heterocycles. The number of aryl methyl sites for hydroxylation is 1. The lowest BCUT2D eigenvalue weighted by molar-refractivity contribution is -0.129. The number of nitrogen functional groups attached to an aromatic ring is 1. The van der Waals surface area contributed by atoms with Crippen molar-refractivity contribution in [3.05, 3.63) is 30.9 Å². The topological polar surface area (TPSA) is 148 Å². The van der Waals surface area contributed by atoms with E-state index in [1.54, 1.807) is 11.7 Å². The number of fused-ring (bicyclic) bond motifs is 2. The van der Waals surface area contributed by atoms with Crippen molar-refractivity contribution >= 4 is 33.8 Å². The molecule has 0 saturated carbocycles. The molecule has 4 aromatic rings. The van der Waals surface area contributed by atoms with Crippen LogP contribution in [0, 0.1) is 0 Å². The van der Waals surface area contributed by atoms with Crippen molar-refractivity contribution < 1.29 is 10.0 Å². The minimum Gasteiger partial charge on any atom is -0.383 e. The predicted molar refractivity (Wildman–Crippen MR) is 108 cm³/mol. The Balaban J connectivity index is 1.54.